The second-order valence-corrected chi connectivity index (χ2v) is 3.63. The van der Waals surface area contributed by atoms with Gasteiger partial charge in [-0.2, -0.15) is 0 Å². The number of hydrogen-bond acceptors (Lipinski definition) is 5. The molecule has 0 spiro atoms. The van der Waals surface area contributed by atoms with Crippen LogP contribution in [0.2, 0.25) is 0 Å². The largest absolute Gasteiger partial charge is 0.465 e. The maximum Gasteiger partial charge on any atom is 0.337 e. The van der Waals surface area contributed by atoms with Gasteiger partial charge in [0.2, 0.25) is 5.78 Å². The van der Waals surface area contributed by atoms with Crippen LogP contribution in [0.4, 0.5) is 0 Å². The lowest BCUT2D eigenvalue weighted by Crippen LogP contribution is -2.05. The predicted octanol–water partition coefficient (Wildman–Crippen LogP) is 2.36. The van der Waals surface area contributed by atoms with Gasteiger partial charge < -0.3 is 9.15 Å². The number of aromatic nitrogens is 1. The van der Waals surface area contributed by atoms with E-state index in [1.807, 2.05) is 0 Å². The Labute approximate surface area is 109 Å². The average Bonchev–Trinajstić information content (AvgIpc) is 2.97. The fourth-order valence-corrected chi connectivity index (χ4v) is 1.44. The average molecular weight is 257 g/mol. The van der Waals surface area contributed by atoms with E-state index in [4.69, 9.17) is 4.42 Å². The van der Waals surface area contributed by atoms with Crippen LogP contribution in [0.25, 0.3) is 6.08 Å². The minimum atomic E-state index is -0.508. The molecule has 2 heterocycles. The smallest absolute Gasteiger partial charge is 0.337 e. The summed E-state index contributed by atoms with van der Waals surface area (Å²) in [7, 11) is 1.28. The number of methoxy groups -OCH3 is 1. The van der Waals surface area contributed by atoms with Crippen molar-refractivity contribution < 1.29 is 18.7 Å². The maximum atomic E-state index is 11.9. The fraction of sp³-hybridized carbons (Fsp3) is 0.0714. The van der Waals surface area contributed by atoms with Gasteiger partial charge >= 0.3 is 5.97 Å². The molecule has 5 heteroatoms. The topological polar surface area (TPSA) is 69.4 Å². The van der Waals surface area contributed by atoms with E-state index < -0.39 is 5.97 Å². The highest BCUT2D eigenvalue weighted by Crippen LogP contribution is 2.07. The molecule has 96 valence electrons. The molecule has 2 aromatic heterocycles. The monoisotopic (exact) mass is 257 g/mol. The summed E-state index contributed by atoms with van der Waals surface area (Å²) in [4.78, 5) is 27.1. The van der Waals surface area contributed by atoms with Gasteiger partial charge in [0, 0.05) is 6.20 Å². The van der Waals surface area contributed by atoms with Gasteiger partial charge in [0.05, 0.1) is 18.9 Å². The highest BCUT2D eigenvalue weighted by Gasteiger charge is 2.10. The molecular weight excluding hydrogens is 246 g/mol. The number of furan rings is 1. The molecule has 0 aliphatic carbocycles. The third kappa shape index (κ3) is 3.16. The highest BCUT2D eigenvalue weighted by atomic mass is 16.5. The van der Waals surface area contributed by atoms with Gasteiger partial charge in [0.25, 0.3) is 0 Å². The van der Waals surface area contributed by atoms with Crippen molar-refractivity contribution in [1.29, 1.82) is 0 Å². The molecule has 0 fully saturated rings. The molecule has 0 N–H and O–H groups in total. The number of nitrogens with zero attached hydrogens (tertiary/aromatic N) is 1. The summed E-state index contributed by atoms with van der Waals surface area (Å²) >= 11 is 0. The van der Waals surface area contributed by atoms with Crippen LogP contribution >= 0.6 is 0 Å². The number of ether oxygens (including phenoxy) is 1. The number of hydrogen-bond donors (Lipinski definition) is 0. The number of esters is 1. The summed E-state index contributed by atoms with van der Waals surface area (Å²) < 4.78 is 9.64. The number of carbonyl (C=O) groups is 2. The normalized spacial score (nSPS) is 10.6. The number of allylic oxidation sites excluding steroid dienone is 1. The molecule has 5 nitrogen and oxygen atoms in total. The first-order valence-electron chi connectivity index (χ1n) is 5.51. The van der Waals surface area contributed by atoms with Gasteiger partial charge in [-0.25, -0.2) is 4.79 Å². The molecule has 0 bridgehead atoms. The number of pyridine rings is 1. The van der Waals surface area contributed by atoms with Crippen LogP contribution in [0.3, 0.4) is 0 Å². The molecule has 0 aliphatic rings. The summed E-state index contributed by atoms with van der Waals surface area (Å²) in [6, 6.07) is 6.32. The van der Waals surface area contributed by atoms with E-state index in [2.05, 4.69) is 9.72 Å². The van der Waals surface area contributed by atoms with Crippen LogP contribution in [0.15, 0.2) is 47.2 Å². The Balaban J connectivity index is 2.17. The fourth-order valence-electron chi connectivity index (χ4n) is 1.44. The summed E-state index contributed by atoms with van der Waals surface area (Å²) in [5.41, 5.74) is 0.456. The Hall–Kier alpha value is -2.69. The zero-order valence-electron chi connectivity index (χ0n) is 10.2. The van der Waals surface area contributed by atoms with Crippen molar-refractivity contribution in [3.8, 4) is 0 Å². The molecule has 0 aromatic carbocycles. The first kappa shape index (κ1) is 12.8. The van der Waals surface area contributed by atoms with Crippen molar-refractivity contribution in [2.45, 2.75) is 0 Å². The standard InChI is InChI=1S/C14H11NO4/c1-18-14(17)10-6-7-15-12(9-10)13(16)5-4-11-3-2-8-19-11/h2-9H,1H3/b5-4+. The quantitative estimate of drug-likeness (QED) is 0.477. The van der Waals surface area contributed by atoms with Crippen molar-refractivity contribution in [2.75, 3.05) is 7.11 Å². The van der Waals surface area contributed by atoms with Crippen LogP contribution in [0, 0.1) is 0 Å². The molecule has 0 unspecified atom stereocenters. The summed E-state index contributed by atoms with van der Waals surface area (Å²) in [6.07, 6.45) is 5.78. The molecule has 2 aromatic rings. The molecule has 0 radical (unpaired) electrons. The van der Waals surface area contributed by atoms with Gasteiger partial charge in [-0.3, -0.25) is 9.78 Å². The van der Waals surface area contributed by atoms with Crippen molar-refractivity contribution in [3.05, 3.63) is 59.8 Å². The van der Waals surface area contributed by atoms with Crippen LogP contribution in [0.1, 0.15) is 26.6 Å². The van der Waals surface area contributed by atoms with E-state index in [0.717, 1.165) is 0 Å². The van der Waals surface area contributed by atoms with Gasteiger partial charge in [0.15, 0.2) is 0 Å². The van der Waals surface area contributed by atoms with E-state index in [0.29, 0.717) is 5.76 Å². The molecule has 19 heavy (non-hydrogen) atoms. The van der Waals surface area contributed by atoms with Crippen molar-refractivity contribution in [2.24, 2.45) is 0 Å². The maximum absolute atomic E-state index is 11.9. The predicted molar refractivity (Wildman–Crippen MR) is 67.6 cm³/mol. The Morgan fingerprint density at radius 3 is 2.89 bits per heavy atom. The van der Waals surface area contributed by atoms with E-state index in [1.165, 1.54) is 43.9 Å². The molecule has 0 saturated heterocycles. The van der Waals surface area contributed by atoms with Gasteiger partial charge in [-0.15, -0.1) is 0 Å². The lowest BCUT2D eigenvalue weighted by molar-refractivity contribution is 0.0600. The minimum Gasteiger partial charge on any atom is -0.465 e. The first-order valence-corrected chi connectivity index (χ1v) is 5.51. The minimum absolute atomic E-state index is 0.172. The zero-order valence-corrected chi connectivity index (χ0v) is 10.2. The van der Waals surface area contributed by atoms with Crippen LogP contribution in [-0.4, -0.2) is 23.8 Å². The van der Waals surface area contributed by atoms with Crippen LogP contribution in [-0.2, 0) is 4.74 Å². The Kier molecular flexibility index (Phi) is 3.87. The Morgan fingerprint density at radius 1 is 1.37 bits per heavy atom. The molecular formula is C14H11NO4. The van der Waals surface area contributed by atoms with Crippen LogP contribution in [0.5, 0.6) is 0 Å². The molecule has 0 atom stereocenters. The SMILES string of the molecule is COC(=O)c1ccnc(C(=O)/C=C/c2ccco2)c1. The second-order valence-electron chi connectivity index (χ2n) is 3.63. The summed E-state index contributed by atoms with van der Waals surface area (Å²) in [5, 5.41) is 0. The molecule has 0 saturated carbocycles. The van der Waals surface area contributed by atoms with Crippen molar-refractivity contribution in [3.63, 3.8) is 0 Å². The lowest BCUT2D eigenvalue weighted by Gasteiger charge is -2.00. The number of ketones is 1. The third-order valence-electron chi connectivity index (χ3n) is 2.38. The van der Waals surface area contributed by atoms with E-state index >= 15 is 0 Å². The first-order chi connectivity index (χ1) is 9.20. The van der Waals surface area contributed by atoms with Gasteiger partial charge in [-0.05, 0) is 36.4 Å². The van der Waals surface area contributed by atoms with E-state index in [-0.39, 0.29) is 17.0 Å². The summed E-state index contributed by atoms with van der Waals surface area (Å²) in [6.45, 7) is 0. The lowest BCUT2D eigenvalue weighted by atomic mass is 10.1. The van der Waals surface area contributed by atoms with Crippen molar-refractivity contribution in [1.82, 2.24) is 4.98 Å². The number of carbonyl (C=O) groups excluding carboxylic acids is 2. The van der Waals surface area contributed by atoms with Gasteiger partial charge in [0.1, 0.15) is 11.5 Å². The second kappa shape index (κ2) is 5.77. The Bertz CT molecular complexity index is 614. The van der Waals surface area contributed by atoms with E-state index in [1.54, 1.807) is 12.1 Å². The molecule has 0 amide bonds. The molecule has 2 rings (SSSR count). The highest BCUT2D eigenvalue weighted by molar-refractivity contribution is 6.06. The number of rotatable bonds is 4. The summed E-state index contributed by atoms with van der Waals surface area (Å²) in [5.74, 6) is -0.258. The zero-order chi connectivity index (χ0) is 13.7. The third-order valence-corrected chi connectivity index (χ3v) is 2.38. The Morgan fingerprint density at radius 2 is 2.21 bits per heavy atom. The van der Waals surface area contributed by atoms with Gasteiger partial charge in [-0.1, -0.05) is 0 Å². The van der Waals surface area contributed by atoms with Crippen LogP contribution < -0.4 is 0 Å². The molecule has 0 aliphatic heterocycles. The van der Waals surface area contributed by atoms with E-state index in [9.17, 15) is 9.59 Å². The van der Waals surface area contributed by atoms with Crippen molar-refractivity contribution >= 4 is 17.8 Å².